The number of phenols is 1. The fourth-order valence-corrected chi connectivity index (χ4v) is 3.55. The second-order valence-electron chi connectivity index (χ2n) is 6.50. The lowest BCUT2D eigenvalue weighted by Crippen LogP contribution is -2.33. The second kappa shape index (κ2) is 7.90. The molecule has 4 atom stereocenters. The minimum Gasteiger partial charge on any atom is -0.506 e. The number of aliphatic hydroxyl groups excluding tert-OH is 3. The monoisotopic (exact) mass is 441 g/mol. The fourth-order valence-electron chi connectivity index (χ4n) is 3.19. The van der Waals surface area contributed by atoms with Gasteiger partial charge < -0.3 is 30.5 Å². The number of benzene rings is 1. The molecule has 3 heterocycles. The van der Waals surface area contributed by atoms with Crippen LogP contribution in [0.15, 0.2) is 24.5 Å². The number of ether oxygens (including phenoxy) is 1. The Morgan fingerprint density at radius 3 is 2.69 bits per heavy atom. The van der Waals surface area contributed by atoms with E-state index in [2.05, 4.69) is 20.3 Å². The number of phenolic OH excluding ortho intramolecular Hbond substituents is 1. The molecule has 0 saturated carbocycles. The predicted octanol–water partition coefficient (Wildman–Crippen LogP) is 1.06. The molecule has 2 aromatic heterocycles. The molecule has 4 rings (SSSR count). The lowest BCUT2D eigenvalue weighted by atomic mass is 10.1. The third-order valence-corrected chi connectivity index (χ3v) is 5.18. The van der Waals surface area contributed by atoms with Crippen molar-refractivity contribution in [3.63, 3.8) is 0 Å². The first-order valence-electron chi connectivity index (χ1n) is 8.63. The van der Waals surface area contributed by atoms with Gasteiger partial charge in [-0.1, -0.05) is 23.7 Å². The molecule has 3 aromatic rings. The molecule has 0 aliphatic carbocycles. The predicted molar refractivity (Wildman–Crippen MR) is 104 cm³/mol. The number of aliphatic hydroxyl groups is 3. The molecule has 1 aliphatic heterocycles. The first-order chi connectivity index (χ1) is 13.9. The number of rotatable bonds is 5. The van der Waals surface area contributed by atoms with Crippen molar-refractivity contribution in [3.8, 4) is 5.75 Å². The van der Waals surface area contributed by atoms with Crippen molar-refractivity contribution in [2.45, 2.75) is 31.1 Å². The number of aromatic hydroxyl groups is 1. The quantitative estimate of drug-likeness (QED) is 0.366. The van der Waals surface area contributed by atoms with Crippen LogP contribution in [-0.4, -0.2) is 64.9 Å². The molecule has 0 amide bonds. The molecule has 0 spiro atoms. The van der Waals surface area contributed by atoms with E-state index < -0.39 is 31.1 Å². The van der Waals surface area contributed by atoms with Gasteiger partial charge in [-0.15, -0.1) is 0 Å². The first kappa shape index (κ1) is 20.1. The number of para-hydroxylation sites is 1. The molecular formula is C17H17Cl2N5O5. The highest BCUT2D eigenvalue weighted by Crippen LogP contribution is 2.33. The van der Waals surface area contributed by atoms with Gasteiger partial charge in [-0.3, -0.25) is 4.57 Å². The maximum absolute atomic E-state index is 10.3. The van der Waals surface area contributed by atoms with Crippen LogP contribution in [0.5, 0.6) is 5.75 Å². The van der Waals surface area contributed by atoms with Crippen molar-refractivity contribution in [2.75, 3.05) is 11.9 Å². The highest BCUT2D eigenvalue weighted by atomic mass is 35.5. The second-order valence-corrected chi connectivity index (χ2v) is 7.24. The topological polar surface area (TPSA) is 146 Å². The van der Waals surface area contributed by atoms with Crippen molar-refractivity contribution in [1.82, 2.24) is 19.5 Å². The van der Waals surface area contributed by atoms with Crippen molar-refractivity contribution in [3.05, 3.63) is 40.4 Å². The minimum atomic E-state index is -1.29. The van der Waals surface area contributed by atoms with Crippen molar-refractivity contribution in [1.29, 1.82) is 0 Å². The van der Waals surface area contributed by atoms with E-state index in [1.54, 1.807) is 18.2 Å². The van der Waals surface area contributed by atoms with Crippen LogP contribution in [0.1, 0.15) is 11.8 Å². The number of imidazole rings is 1. The lowest BCUT2D eigenvalue weighted by Gasteiger charge is -2.16. The van der Waals surface area contributed by atoms with E-state index in [1.165, 1.54) is 10.9 Å². The molecule has 29 heavy (non-hydrogen) atoms. The van der Waals surface area contributed by atoms with Crippen molar-refractivity contribution >= 4 is 40.2 Å². The SMILES string of the molecule is OC[C@H]1O[C@@H](n2cnc3c(NCc4cccc(Cl)c4O)nc(Cl)nc32)[C@H](O)[C@@H]1O. The Bertz CT molecular complexity index is 1050. The summed E-state index contributed by atoms with van der Waals surface area (Å²) in [6.07, 6.45) is -3.13. The molecule has 0 bridgehead atoms. The van der Waals surface area contributed by atoms with Crippen LogP contribution in [-0.2, 0) is 11.3 Å². The van der Waals surface area contributed by atoms with Crippen LogP contribution in [0.4, 0.5) is 5.82 Å². The summed E-state index contributed by atoms with van der Waals surface area (Å²) in [7, 11) is 0. The van der Waals surface area contributed by atoms with Crippen LogP contribution < -0.4 is 5.32 Å². The van der Waals surface area contributed by atoms with Crippen LogP contribution in [0.3, 0.4) is 0 Å². The molecular weight excluding hydrogens is 425 g/mol. The molecule has 12 heteroatoms. The number of nitrogens with one attached hydrogen (secondary N) is 1. The number of halogens is 2. The highest BCUT2D eigenvalue weighted by Gasteiger charge is 2.44. The van der Waals surface area contributed by atoms with Crippen LogP contribution >= 0.6 is 23.2 Å². The Balaban J connectivity index is 1.66. The normalized spacial score (nSPS) is 24.3. The lowest BCUT2D eigenvalue weighted by molar-refractivity contribution is -0.0511. The minimum absolute atomic E-state index is 0.0462. The average Bonchev–Trinajstić information content (AvgIpc) is 3.24. The largest absolute Gasteiger partial charge is 0.506 e. The van der Waals surface area contributed by atoms with Crippen molar-refractivity contribution < 1.29 is 25.2 Å². The summed E-state index contributed by atoms with van der Waals surface area (Å²) >= 11 is 12.0. The zero-order valence-electron chi connectivity index (χ0n) is 14.8. The molecule has 1 saturated heterocycles. The number of fused-ring (bicyclic) bond motifs is 1. The molecule has 1 fully saturated rings. The smallest absolute Gasteiger partial charge is 0.226 e. The average molecular weight is 442 g/mol. The number of hydrogen-bond donors (Lipinski definition) is 5. The first-order valence-corrected chi connectivity index (χ1v) is 9.39. The van der Waals surface area contributed by atoms with Gasteiger partial charge in [0.15, 0.2) is 23.2 Å². The Morgan fingerprint density at radius 2 is 1.97 bits per heavy atom. The van der Waals surface area contributed by atoms with E-state index in [9.17, 15) is 20.4 Å². The number of anilines is 1. The third-order valence-electron chi connectivity index (χ3n) is 4.70. The number of nitrogens with zero attached hydrogens (tertiary/aromatic N) is 4. The molecule has 1 aromatic carbocycles. The van der Waals surface area contributed by atoms with Gasteiger partial charge in [-0.2, -0.15) is 9.97 Å². The summed E-state index contributed by atoms with van der Waals surface area (Å²) in [4.78, 5) is 12.5. The van der Waals surface area contributed by atoms with E-state index in [1.807, 2.05) is 0 Å². The van der Waals surface area contributed by atoms with Gasteiger partial charge in [0.2, 0.25) is 5.28 Å². The standard InChI is InChI=1S/C17H17Cl2N5O5/c18-8-3-1-2-7(11(8)26)4-20-14-10-15(23-17(19)22-14)24(6-21-10)16-13(28)12(27)9(5-25)29-16/h1-3,6,9,12-13,16,25-28H,4-5H2,(H,20,22,23)/t9-,12-,13-,16-/m1/s1. The summed E-state index contributed by atoms with van der Waals surface area (Å²) in [5.74, 6) is 0.250. The summed E-state index contributed by atoms with van der Waals surface area (Å²) in [6, 6.07) is 4.98. The maximum Gasteiger partial charge on any atom is 0.226 e. The number of hydrogen-bond acceptors (Lipinski definition) is 9. The summed E-state index contributed by atoms with van der Waals surface area (Å²) in [6.45, 7) is -0.261. The van der Waals surface area contributed by atoms with Crippen LogP contribution in [0, 0.1) is 0 Å². The Labute approximate surface area is 174 Å². The highest BCUT2D eigenvalue weighted by molar-refractivity contribution is 6.32. The van der Waals surface area contributed by atoms with Crippen LogP contribution in [0.25, 0.3) is 11.2 Å². The number of aromatic nitrogens is 4. The van der Waals surface area contributed by atoms with Crippen molar-refractivity contribution in [2.24, 2.45) is 0 Å². The third kappa shape index (κ3) is 3.59. The van der Waals surface area contributed by atoms with Gasteiger partial charge in [0, 0.05) is 12.1 Å². The van der Waals surface area contributed by atoms with E-state index >= 15 is 0 Å². The Morgan fingerprint density at radius 1 is 1.17 bits per heavy atom. The van der Waals surface area contributed by atoms with Crippen LogP contribution in [0.2, 0.25) is 10.3 Å². The van der Waals surface area contributed by atoms with E-state index in [-0.39, 0.29) is 28.2 Å². The van der Waals surface area contributed by atoms with Gasteiger partial charge in [0.25, 0.3) is 0 Å². The van der Waals surface area contributed by atoms with Gasteiger partial charge in [0.05, 0.1) is 18.0 Å². The summed E-state index contributed by atoms with van der Waals surface area (Å²) in [5.41, 5.74) is 1.15. The summed E-state index contributed by atoms with van der Waals surface area (Å²) in [5, 5.41) is 42.8. The molecule has 0 radical (unpaired) electrons. The van der Waals surface area contributed by atoms with E-state index in [0.717, 1.165) is 0 Å². The van der Waals surface area contributed by atoms with Gasteiger partial charge >= 0.3 is 0 Å². The Hall–Kier alpha value is -2.21. The maximum atomic E-state index is 10.3. The van der Waals surface area contributed by atoms with Gasteiger partial charge in [0.1, 0.15) is 24.1 Å². The molecule has 10 nitrogen and oxygen atoms in total. The van der Waals surface area contributed by atoms with Gasteiger partial charge in [-0.05, 0) is 17.7 Å². The zero-order chi connectivity index (χ0) is 20.7. The fraction of sp³-hybridized carbons (Fsp3) is 0.353. The van der Waals surface area contributed by atoms with Gasteiger partial charge in [-0.25, -0.2) is 4.98 Å². The van der Waals surface area contributed by atoms with E-state index in [0.29, 0.717) is 16.9 Å². The molecule has 0 unspecified atom stereocenters. The zero-order valence-corrected chi connectivity index (χ0v) is 16.3. The Kier molecular flexibility index (Phi) is 5.47. The molecule has 5 N–H and O–H groups in total. The molecule has 1 aliphatic rings. The summed E-state index contributed by atoms with van der Waals surface area (Å²) < 4.78 is 6.94. The molecule has 154 valence electrons. The van der Waals surface area contributed by atoms with E-state index in [4.69, 9.17) is 27.9 Å².